The second-order valence-electron chi connectivity index (χ2n) is 4.13. The van der Waals surface area contributed by atoms with Crippen LogP contribution in [0.1, 0.15) is 38.3 Å². The number of halogens is 2. The number of hydrazine groups is 1. The van der Waals surface area contributed by atoms with Gasteiger partial charge in [-0.15, -0.1) is 0 Å². The minimum absolute atomic E-state index is 0.196. The Labute approximate surface area is 114 Å². The number of hydrogen-bond donors (Lipinski definition) is 2. The summed E-state index contributed by atoms with van der Waals surface area (Å²) in [4.78, 5) is 0. The SMILES string of the molecule is CCC(C)CC(NN)c1cc(Br)ccc1Br. The first-order chi connectivity index (χ1) is 7.58. The highest BCUT2D eigenvalue weighted by atomic mass is 79.9. The van der Waals surface area contributed by atoms with Crippen LogP contribution in [0.3, 0.4) is 0 Å². The Bertz CT molecular complexity index is 342. The average molecular weight is 350 g/mol. The van der Waals surface area contributed by atoms with Crippen LogP contribution in [0.5, 0.6) is 0 Å². The van der Waals surface area contributed by atoms with Gasteiger partial charge in [0.1, 0.15) is 0 Å². The third-order valence-electron chi connectivity index (χ3n) is 2.87. The molecule has 2 unspecified atom stereocenters. The molecule has 0 aliphatic rings. The van der Waals surface area contributed by atoms with E-state index in [0.29, 0.717) is 5.92 Å². The van der Waals surface area contributed by atoms with E-state index >= 15 is 0 Å². The molecular weight excluding hydrogens is 332 g/mol. The van der Waals surface area contributed by atoms with Crippen molar-refractivity contribution in [1.82, 2.24) is 5.43 Å². The molecule has 0 amide bonds. The van der Waals surface area contributed by atoms with Crippen LogP contribution in [0.15, 0.2) is 27.1 Å². The van der Waals surface area contributed by atoms with E-state index < -0.39 is 0 Å². The van der Waals surface area contributed by atoms with Crippen LogP contribution in [0, 0.1) is 5.92 Å². The van der Waals surface area contributed by atoms with Crippen LogP contribution in [0.2, 0.25) is 0 Å². The van der Waals surface area contributed by atoms with Gasteiger partial charge in [-0.1, -0.05) is 52.1 Å². The van der Waals surface area contributed by atoms with E-state index in [0.717, 1.165) is 15.4 Å². The monoisotopic (exact) mass is 348 g/mol. The first-order valence-corrected chi connectivity index (χ1v) is 7.08. The van der Waals surface area contributed by atoms with Crippen LogP contribution in [-0.4, -0.2) is 0 Å². The number of benzene rings is 1. The topological polar surface area (TPSA) is 38.0 Å². The Morgan fingerprint density at radius 2 is 2.06 bits per heavy atom. The molecule has 2 atom stereocenters. The third-order valence-corrected chi connectivity index (χ3v) is 4.09. The summed E-state index contributed by atoms with van der Waals surface area (Å²) in [6.07, 6.45) is 2.21. The van der Waals surface area contributed by atoms with Crippen molar-refractivity contribution in [3.05, 3.63) is 32.7 Å². The largest absolute Gasteiger partial charge is 0.271 e. The second-order valence-corrected chi connectivity index (χ2v) is 5.90. The minimum atomic E-state index is 0.196. The predicted octanol–water partition coefficient (Wildman–Crippen LogP) is 4.15. The maximum absolute atomic E-state index is 5.64. The summed E-state index contributed by atoms with van der Waals surface area (Å²) in [7, 11) is 0. The molecule has 0 heterocycles. The number of rotatable bonds is 5. The highest BCUT2D eigenvalue weighted by Crippen LogP contribution is 2.30. The van der Waals surface area contributed by atoms with Crippen molar-refractivity contribution < 1.29 is 0 Å². The van der Waals surface area contributed by atoms with Crippen LogP contribution in [0.25, 0.3) is 0 Å². The summed E-state index contributed by atoms with van der Waals surface area (Å²) in [5.74, 6) is 6.30. The Balaban J connectivity index is 2.89. The molecule has 0 aliphatic carbocycles. The zero-order valence-electron chi connectivity index (χ0n) is 9.63. The van der Waals surface area contributed by atoms with E-state index in [-0.39, 0.29) is 6.04 Å². The zero-order valence-corrected chi connectivity index (χ0v) is 12.8. The molecule has 0 fully saturated rings. The maximum Gasteiger partial charge on any atom is 0.0474 e. The Morgan fingerprint density at radius 3 is 2.62 bits per heavy atom. The van der Waals surface area contributed by atoms with Crippen molar-refractivity contribution in [3.63, 3.8) is 0 Å². The van der Waals surface area contributed by atoms with Crippen LogP contribution >= 0.6 is 31.9 Å². The smallest absolute Gasteiger partial charge is 0.0474 e. The van der Waals surface area contributed by atoms with E-state index in [4.69, 9.17) is 5.84 Å². The summed E-state index contributed by atoms with van der Waals surface area (Å²) < 4.78 is 2.18. The van der Waals surface area contributed by atoms with Crippen molar-refractivity contribution in [1.29, 1.82) is 0 Å². The van der Waals surface area contributed by atoms with Gasteiger partial charge in [0.25, 0.3) is 0 Å². The normalized spacial score (nSPS) is 14.8. The molecule has 0 radical (unpaired) electrons. The third kappa shape index (κ3) is 3.84. The van der Waals surface area contributed by atoms with Crippen LogP contribution < -0.4 is 11.3 Å². The second kappa shape index (κ2) is 6.74. The molecule has 1 rings (SSSR count). The highest BCUT2D eigenvalue weighted by molar-refractivity contribution is 9.11. The maximum atomic E-state index is 5.64. The van der Waals surface area contributed by atoms with Crippen molar-refractivity contribution >= 4 is 31.9 Å². The molecule has 0 saturated heterocycles. The molecule has 3 N–H and O–H groups in total. The van der Waals surface area contributed by atoms with Crippen molar-refractivity contribution in [2.24, 2.45) is 11.8 Å². The summed E-state index contributed by atoms with van der Waals surface area (Å²) >= 11 is 7.05. The van der Waals surface area contributed by atoms with Crippen molar-refractivity contribution in [2.45, 2.75) is 32.7 Å². The lowest BCUT2D eigenvalue weighted by atomic mass is 9.95. The molecule has 4 heteroatoms. The average Bonchev–Trinajstić information content (AvgIpc) is 2.29. The molecule has 1 aromatic carbocycles. The standard InChI is InChI=1S/C12H18Br2N2/c1-3-8(2)6-12(16-15)10-7-9(13)4-5-11(10)14/h4-5,7-8,12,16H,3,6,15H2,1-2H3. The molecular formula is C12H18Br2N2. The lowest BCUT2D eigenvalue weighted by Gasteiger charge is -2.21. The predicted molar refractivity (Wildman–Crippen MR) is 76.0 cm³/mol. The first kappa shape index (κ1) is 14.2. The molecule has 0 bridgehead atoms. The molecule has 16 heavy (non-hydrogen) atoms. The van der Waals surface area contributed by atoms with Gasteiger partial charge >= 0.3 is 0 Å². The van der Waals surface area contributed by atoms with Gasteiger partial charge < -0.3 is 0 Å². The summed E-state index contributed by atoms with van der Waals surface area (Å²) in [5.41, 5.74) is 4.11. The lowest BCUT2D eigenvalue weighted by molar-refractivity contribution is 0.407. The van der Waals surface area contributed by atoms with E-state index in [1.165, 1.54) is 12.0 Å². The van der Waals surface area contributed by atoms with E-state index in [1.807, 2.05) is 12.1 Å². The number of hydrogen-bond acceptors (Lipinski definition) is 2. The summed E-state index contributed by atoms with van der Waals surface area (Å²) in [6, 6.07) is 6.36. The van der Waals surface area contributed by atoms with E-state index in [9.17, 15) is 0 Å². The molecule has 0 saturated carbocycles. The Morgan fingerprint density at radius 1 is 1.38 bits per heavy atom. The fourth-order valence-corrected chi connectivity index (χ4v) is 2.54. The minimum Gasteiger partial charge on any atom is -0.271 e. The Kier molecular flexibility index (Phi) is 5.97. The first-order valence-electron chi connectivity index (χ1n) is 5.49. The van der Waals surface area contributed by atoms with Gasteiger partial charge in [0.15, 0.2) is 0 Å². The van der Waals surface area contributed by atoms with Crippen molar-refractivity contribution in [2.75, 3.05) is 0 Å². The van der Waals surface area contributed by atoms with Gasteiger partial charge in [-0.3, -0.25) is 11.3 Å². The van der Waals surface area contributed by atoms with Crippen LogP contribution in [-0.2, 0) is 0 Å². The molecule has 2 nitrogen and oxygen atoms in total. The quantitative estimate of drug-likeness (QED) is 0.619. The van der Waals surface area contributed by atoms with Gasteiger partial charge in [0.05, 0.1) is 0 Å². The zero-order chi connectivity index (χ0) is 12.1. The van der Waals surface area contributed by atoms with E-state index in [1.54, 1.807) is 0 Å². The van der Waals surface area contributed by atoms with Crippen molar-refractivity contribution in [3.8, 4) is 0 Å². The van der Waals surface area contributed by atoms with Crippen LogP contribution in [0.4, 0.5) is 0 Å². The highest BCUT2D eigenvalue weighted by Gasteiger charge is 2.15. The fraction of sp³-hybridized carbons (Fsp3) is 0.500. The molecule has 1 aromatic rings. The van der Waals surface area contributed by atoms with Gasteiger partial charge in [-0.2, -0.15) is 0 Å². The number of nitrogens with two attached hydrogens (primary N) is 1. The van der Waals surface area contributed by atoms with Gasteiger partial charge in [0, 0.05) is 15.0 Å². The van der Waals surface area contributed by atoms with Gasteiger partial charge in [0.2, 0.25) is 0 Å². The lowest BCUT2D eigenvalue weighted by Crippen LogP contribution is -2.29. The van der Waals surface area contributed by atoms with Gasteiger partial charge in [-0.05, 0) is 36.1 Å². The molecule has 0 aromatic heterocycles. The Hall–Kier alpha value is 0.1000. The molecule has 0 spiro atoms. The fourth-order valence-electron chi connectivity index (χ4n) is 1.64. The summed E-state index contributed by atoms with van der Waals surface area (Å²) in [6.45, 7) is 4.45. The van der Waals surface area contributed by atoms with E-state index in [2.05, 4.69) is 57.2 Å². The molecule has 90 valence electrons. The number of nitrogens with one attached hydrogen (secondary N) is 1. The van der Waals surface area contributed by atoms with Gasteiger partial charge in [-0.25, -0.2) is 0 Å². The summed E-state index contributed by atoms with van der Waals surface area (Å²) in [5, 5.41) is 0. The molecule has 0 aliphatic heterocycles.